The first-order valence-corrected chi connectivity index (χ1v) is 18.5. The number of rotatable bonds is 8. The quantitative estimate of drug-likeness (QED) is 0.155. The smallest absolute Gasteiger partial charge is 0.0534 e. The van der Waals surface area contributed by atoms with E-state index in [-0.39, 0.29) is 0 Å². The minimum absolute atomic E-state index is 1.06. The molecule has 0 aliphatic carbocycles. The summed E-state index contributed by atoms with van der Waals surface area (Å²) < 4.78 is 6.96. The molecule has 4 nitrogen and oxygen atoms in total. The van der Waals surface area contributed by atoms with Gasteiger partial charge in [0.25, 0.3) is 0 Å². The topological polar surface area (TPSA) is 18.0 Å². The fourth-order valence-electron chi connectivity index (χ4n) is 7.84. The second-order valence-electron chi connectivity index (χ2n) is 13.4. The van der Waals surface area contributed by atoms with Crippen molar-refractivity contribution in [3.05, 3.63) is 180 Å². The Labute approximate surface area is 314 Å². The molecule has 0 N–H and O–H groups in total. The summed E-state index contributed by atoms with van der Waals surface area (Å²) in [6.07, 6.45) is 3.85. The first-order chi connectivity index (χ1) is 25.8. The van der Waals surface area contributed by atoms with Gasteiger partial charge in [-0.3, -0.25) is 0 Å². The highest BCUT2D eigenvalue weighted by Crippen LogP contribution is 2.38. The molecule has 0 radical (unpaired) electrons. The van der Waals surface area contributed by atoms with Gasteiger partial charge in [-0.2, -0.15) is 0 Å². The highest BCUT2D eigenvalue weighted by molar-refractivity contribution is 5.88. The summed E-state index contributed by atoms with van der Waals surface area (Å²) in [7, 11) is 0. The molecule has 3 aromatic heterocycles. The van der Waals surface area contributed by atoms with Crippen molar-refractivity contribution < 1.29 is 0 Å². The minimum atomic E-state index is 1.06. The van der Waals surface area contributed by atoms with Gasteiger partial charge in [-0.1, -0.05) is 69.5 Å². The van der Waals surface area contributed by atoms with Crippen LogP contribution in [0.15, 0.2) is 141 Å². The van der Waals surface area contributed by atoms with E-state index in [0.717, 1.165) is 45.4 Å². The van der Waals surface area contributed by atoms with Crippen LogP contribution in [0, 0.1) is 34.6 Å². The Bertz CT molecular complexity index is 2590. The van der Waals surface area contributed by atoms with Crippen molar-refractivity contribution >= 4 is 51.0 Å². The van der Waals surface area contributed by atoms with E-state index in [0.29, 0.717) is 0 Å². The molecule has 4 heteroatoms. The Kier molecular flexibility index (Phi) is 9.55. The summed E-state index contributed by atoms with van der Waals surface area (Å²) >= 11 is 0. The molecule has 0 bridgehead atoms. The van der Waals surface area contributed by atoms with Crippen LogP contribution in [0.2, 0.25) is 0 Å². The van der Waals surface area contributed by atoms with E-state index in [4.69, 9.17) is 0 Å². The third-order valence-corrected chi connectivity index (χ3v) is 10.6. The van der Waals surface area contributed by atoms with E-state index in [9.17, 15) is 0 Å². The van der Waals surface area contributed by atoms with E-state index in [1.165, 1.54) is 50.0 Å². The molecule has 3 heterocycles. The average Bonchev–Trinajstić information content (AvgIpc) is 3.77. The molecule has 264 valence electrons. The van der Waals surface area contributed by atoms with Crippen LogP contribution in [0.25, 0.3) is 51.0 Å². The molecule has 0 unspecified atom stereocenters. The summed E-state index contributed by atoms with van der Waals surface area (Å²) in [5.74, 6) is 0. The van der Waals surface area contributed by atoms with Crippen molar-refractivity contribution in [3.63, 3.8) is 0 Å². The average molecular weight is 693 g/mol. The van der Waals surface area contributed by atoms with Gasteiger partial charge in [0.2, 0.25) is 0 Å². The molecule has 8 rings (SSSR count). The van der Waals surface area contributed by atoms with Gasteiger partial charge >= 0.3 is 0 Å². The molecule has 0 aliphatic rings. The van der Waals surface area contributed by atoms with Gasteiger partial charge in [0.15, 0.2) is 0 Å². The van der Waals surface area contributed by atoms with Crippen LogP contribution in [0.4, 0.5) is 17.1 Å². The number of aryl methyl sites for hydroxylation is 2. The predicted molar refractivity (Wildman–Crippen MR) is 229 cm³/mol. The Morgan fingerprint density at radius 1 is 0.491 bits per heavy atom. The van der Waals surface area contributed by atoms with Crippen molar-refractivity contribution in [1.29, 1.82) is 0 Å². The molecular weight excluding hydrogens is 645 g/mol. The lowest BCUT2D eigenvalue weighted by Gasteiger charge is -2.26. The molecule has 0 aliphatic heterocycles. The molecule has 0 saturated heterocycles. The van der Waals surface area contributed by atoms with Gasteiger partial charge in [0.1, 0.15) is 0 Å². The number of para-hydroxylation sites is 2. The summed E-state index contributed by atoms with van der Waals surface area (Å²) in [5.41, 5.74) is 17.4. The normalized spacial score (nSPS) is 11.1. The van der Waals surface area contributed by atoms with Crippen LogP contribution in [0.5, 0.6) is 0 Å². The van der Waals surface area contributed by atoms with Gasteiger partial charge in [0, 0.05) is 67.5 Å². The molecule has 0 spiro atoms. The lowest BCUT2D eigenvalue weighted by atomic mass is 10.1. The second kappa shape index (κ2) is 14.4. The number of hydrogen-bond donors (Lipinski definition) is 0. The van der Waals surface area contributed by atoms with Crippen LogP contribution in [0.3, 0.4) is 0 Å². The summed E-state index contributed by atoms with van der Waals surface area (Å²) in [6.45, 7) is 23.1. The maximum absolute atomic E-state index is 4.12. The van der Waals surface area contributed by atoms with Gasteiger partial charge in [0.05, 0.1) is 16.7 Å². The largest absolute Gasteiger partial charge is 0.314 e. The first kappa shape index (κ1) is 35.2. The summed E-state index contributed by atoms with van der Waals surface area (Å²) in [4.78, 5) is 2.33. The Morgan fingerprint density at radius 3 is 1.51 bits per heavy atom. The van der Waals surface area contributed by atoms with Gasteiger partial charge in [-0.15, -0.1) is 0 Å². The number of hydrogen-bond acceptors (Lipinski definition) is 1. The highest BCUT2D eigenvalue weighted by atomic mass is 15.1. The van der Waals surface area contributed by atoms with Crippen molar-refractivity contribution in [2.45, 2.75) is 48.5 Å². The Hall–Kier alpha value is -6.26. The first-order valence-electron chi connectivity index (χ1n) is 18.5. The maximum Gasteiger partial charge on any atom is 0.0534 e. The van der Waals surface area contributed by atoms with Crippen molar-refractivity contribution in [2.24, 2.45) is 0 Å². The predicted octanol–water partition coefficient (Wildman–Crippen LogP) is 13.7. The fraction of sp³-hybridized carbons (Fsp3) is 0.143. The van der Waals surface area contributed by atoms with Gasteiger partial charge in [-0.05, 0) is 143 Å². The molecular formula is C49H48N4. The Morgan fingerprint density at radius 2 is 0.962 bits per heavy atom. The lowest BCUT2D eigenvalue weighted by molar-refractivity contribution is 0.993. The Balaban J connectivity index is 0.00000214. The molecule has 5 aromatic carbocycles. The number of aromatic nitrogens is 3. The highest BCUT2D eigenvalue weighted by Gasteiger charge is 2.18. The number of benzene rings is 5. The summed E-state index contributed by atoms with van der Waals surface area (Å²) in [6, 6.07) is 46.1. The monoisotopic (exact) mass is 692 g/mol. The third-order valence-electron chi connectivity index (χ3n) is 10.6. The SMILES string of the molecule is C=Cc1c(C)c(C)n(-c2ccc(N(c3ccc(-n4c(C)cc5ccccc54)cc3)c3ccc(-n4c(C)c(C)c5ccccc54)cc3)cc2)c1C=C.CC. The number of fused-ring (bicyclic) bond motifs is 2. The molecule has 8 aromatic rings. The number of nitrogens with zero attached hydrogens (tertiary/aromatic N) is 4. The lowest BCUT2D eigenvalue weighted by Crippen LogP contribution is -2.11. The van der Waals surface area contributed by atoms with E-state index in [2.05, 4.69) is 194 Å². The maximum atomic E-state index is 4.12. The third kappa shape index (κ3) is 5.90. The van der Waals surface area contributed by atoms with Crippen LogP contribution < -0.4 is 4.90 Å². The van der Waals surface area contributed by atoms with Crippen LogP contribution in [0.1, 0.15) is 53.3 Å². The zero-order valence-electron chi connectivity index (χ0n) is 32.0. The van der Waals surface area contributed by atoms with E-state index >= 15 is 0 Å². The zero-order chi connectivity index (χ0) is 37.4. The van der Waals surface area contributed by atoms with Crippen molar-refractivity contribution in [1.82, 2.24) is 13.7 Å². The van der Waals surface area contributed by atoms with Crippen LogP contribution in [-0.2, 0) is 0 Å². The van der Waals surface area contributed by atoms with E-state index < -0.39 is 0 Å². The van der Waals surface area contributed by atoms with E-state index in [1.807, 2.05) is 26.0 Å². The van der Waals surface area contributed by atoms with Crippen molar-refractivity contribution in [2.75, 3.05) is 4.90 Å². The molecule has 53 heavy (non-hydrogen) atoms. The summed E-state index contributed by atoms with van der Waals surface area (Å²) in [5, 5.41) is 2.54. The fourth-order valence-corrected chi connectivity index (χ4v) is 7.84. The standard InChI is InChI=1S/C47H42N4.C2H6/c1-8-43-32(4)34(6)49(45(43)9-2)38-20-26-41(27-21-38)51(40-24-18-37(19-25-40)48-31(3)30-36-14-10-12-16-46(36)48)42-28-22-39(23-29-42)50-35(7)33(5)44-15-11-13-17-47(44)50;1-2/h8-30H,1-2H2,3-7H3;1-2H3. The minimum Gasteiger partial charge on any atom is -0.314 e. The number of anilines is 3. The molecule has 0 atom stereocenters. The zero-order valence-corrected chi connectivity index (χ0v) is 32.0. The van der Waals surface area contributed by atoms with Crippen LogP contribution >= 0.6 is 0 Å². The second-order valence-corrected chi connectivity index (χ2v) is 13.4. The van der Waals surface area contributed by atoms with Crippen LogP contribution in [-0.4, -0.2) is 13.7 Å². The van der Waals surface area contributed by atoms with Gasteiger partial charge < -0.3 is 18.6 Å². The molecule has 0 amide bonds. The van der Waals surface area contributed by atoms with Crippen molar-refractivity contribution in [3.8, 4) is 17.1 Å². The van der Waals surface area contributed by atoms with E-state index in [1.54, 1.807) is 0 Å². The molecule has 0 fully saturated rings. The van der Waals surface area contributed by atoms with Gasteiger partial charge in [-0.25, -0.2) is 0 Å². The molecule has 0 saturated carbocycles.